The summed E-state index contributed by atoms with van der Waals surface area (Å²) in [4.78, 5) is 10.8. The molecule has 0 atom stereocenters. The minimum Gasteiger partial charge on any atom is -0.452 e. The third kappa shape index (κ3) is 3.32. The fourth-order valence-corrected chi connectivity index (χ4v) is 2.51. The molecule has 1 fully saturated rings. The molecule has 8 heteroatoms. The SMILES string of the molecule is COC(=O)NS(=O)(=O)N1CCC(C)(O)CC1. The van der Waals surface area contributed by atoms with Crippen molar-refractivity contribution in [1.82, 2.24) is 9.03 Å². The predicted octanol–water partition coefficient (Wildman–Crippen LogP) is -0.566. The Morgan fingerprint density at radius 3 is 2.38 bits per heavy atom. The first kappa shape index (κ1) is 13.2. The van der Waals surface area contributed by atoms with E-state index in [2.05, 4.69) is 4.74 Å². The summed E-state index contributed by atoms with van der Waals surface area (Å²) in [6, 6.07) is 0. The highest BCUT2D eigenvalue weighted by atomic mass is 32.2. The second kappa shape index (κ2) is 4.56. The maximum Gasteiger partial charge on any atom is 0.421 e. The van der Waals surface area contributed by atoms with Gasteiger partial charge in [0.25, 0.3) is 0 Å². The summed E-state index contributed by atoms with van der Waals surface area (Å²) >= 11 is 0. The van der Waals surface area contributed by atoms with Crippen LogP contribution >= 0.6 is 0 Å². The lowest BCUT2D eigenvalue weighted by Crippen LogP contribution is -2.50. The molecule has 0 radical (unpaired) electrons. The van der Waals surface area contributed by atoms with Crippen LogP contribution in [0.15, 0.2) is 0 Å². The molecule has 1 heterocycles. The van der Waals surface area contributed by atoms with Gasteiger partial charge in [0, 0.05) is 13.1 Å². The third-order valence-corrected chi connectivity index (χ3v) is 4.01. The number of hydrogen-bond acceptors (Lipinski definition) is 5. The molecule has 1 saturated heterocycles. The van der Waals surface area contributed by atoms with Crippen molar-refractivity contribution in [3.05, 3.63) is 0 Å². The Morgan fingerprint density at radius 1 is 1.44 bits per heavy atom. The van der Waals surface area contributed by atoms with Gasteiger partial charge in [-0.2, -0.15) is 12.7 Å². The standard InChI is InChI=1S/C8H16N2O5S/c1-8(12)3-5-10(6-4-8)16(13,14)9-7(11)15-2/h12H,3-6H2,1-2H3,(H,9,11). The van der Waals surface area contributed by atoms with Gasteiger partial charge in [-0.3, -0.25) is 0 Å². The van der Waals surface area contributed by atoms with Crippen molar-refractivity contribution in [3.63, 3.8) is 0 Å². The van der Waals surface area contributed by atoms with E-state index < -0.39 is 21.9 Å². The minimum absolute atomic E-state index is 0.180. The largest absolute Gasteiger partial charge is 0.452 e. The molecule has 16 heavy (non-hydrogen) atoms. The molecule has 7 nitrogen and oxygen atoms in total. The first-order chi connectivity index (χ1) is 7.27. The number of methoxy groups -OCH3 is 1. The highest BCUT2D eigenvalue weighted by molar-refractivity contribution is 7.87. The van der Waals surface area contributed by atoms with Crippen molar-refractivity contribution >= 4 is 16.3 Å². The molecule has 2 N–H and O–H groups in total. The quantitative estimate of drug-likeness (QED) is 0.686. The maximum atomic E-state index is 11.6. The highest BCUT2D eigenvalue weighted by Gasteiger charge is 2.33. The van der Waals surface area contributed by atoms with E-state index in [4.69, 9.17) is 0 Å². The molecule has 0 saturated carbocycles. The summed E-state index contributed by atoms with van der Waals surface area (Å²) in [6.07, 6.45) is -0.332. The average molecular weight is 252 g/mol. The van der Waals surface area contributed by atoms with Gasteiger partial charge in [-0.1, -0.05) is 0 Å². The fourth-order valence-electron chi connectivity index (χ4n) is 1.42. The van der Waals surface area contributed by atoms with Crippen LogP contribution in [-0.2, 0) is 14.9 Å². The van der Waals surface area contributed by atoms with Crippen LogP contribution in [0.3, 0.4) is 0 Å². The molecule has 0 aliphatic carbocycles. The summed E-state index contributed by atoms with van der Waals surface area (Å²) in [5, 5.41) is 9.65. The maximum absolute atomic E-state index is 11.6. The molecule has 1 aliphatic rings. The Kier molecular flexibility index (Phi) is 3.76. The zero-order chi connectivity index (χ0) is 12.4. The van der Waals surface area contributed by atoms with E-state index in [1.165, 1.54) is 0 Å². The van der Waals surface area contributed by atoms with Gasteiger partial charge in [0.15, 0.2) is 0 Å². The smallest absolute Gasteiger partial charge is 0.421 e. The van der Waals surface area contributed by atoms with E-state index in [9.17, 15) is 18.3 Å². The van der Waals surface area contributed by atoms with Gasteiger partial charge in [0.05, 0.1) is 12.7 Å². The Hall–Kier alpha value is -0.860. The molecule has 0 unspecified atom stereocenters. The van der Waals surface area contributed by atoms with Gasteiger partial charge < -0.3 is 9.84 Å². The molecule has 1 amide bonds. The second-order valence-electron chi connectivity index (χ2n) is 3.99. The normalized spacial score (nSPS) is 21.4. The third-order valence-electron chi connectivity index (χ3n) is 2.54. The summed E-state index contributed by atoms with van der Waals surface area (Å²) in [5.74, 6) is 0. The number of carbonyl (C=O) groups is 1. The summed E-state index contributed by atoms with van der Waals surface area (Å²) in [5.41, 5.74) is -0.836. The zero-order valence-corrected chi connectivity index (χ0v) is 10.1. The number of piperidine rings is 1. The average Bonchev–Trinajstić information content (AvgIpc) is 2.16. The molecule has 1 rings (SSSR count). The summed E-state index contributed by atoms with van der Waals surface area (Å²) < 4.78 is 30.3. The molecular weight excluding hydrogens is 236 g/mol. The van der Waals surface area contributed by atoms with E-state index in [1.807, 2.05) is 0 Å². The van der Waals surface area contributed by atoms with Crippen molar-refractivity contribution in [2.75, 3.05) is 20.2 Å². The van der Waals surface area contributed by atoms with E-state index in [-0.39, 0.29) is 13.1 Å². The Morgan fingerprint density at radius 2 is 1.94 bits per heavy atom. The number of nitrogens with one attached hydrogen (secondary N) is 1. The van der Waals surface area contributed by atoms with Gasteiger partial charge >= 0.3 is 16.3 Å². The molecule has 0 aromatic rings. The fraction of sp³-hybridized carbons (Fsp3) is 0.875. The summed E-state index contributed by atoms with van der Waals surface area (Å²) in [6.45, 7) is 2.02. The van der Waals surface area contributed by atoms with E-state index >= 15 is 0 Å². The second-order valence-corrected chi connectivity index (χ2v) is 5.67. The van der Waals surface area contributed by atoms with Crippen molar-refractivity contribution in [2.45, 2.75) is 25.4 Å². The lowest BCUT2D eigenvalue weighted by atomic mass is 9.95. The number of carbonyl (C=O) groups excluding carboxylic acids is 1. The zero-order valence-electron chi connectivity index (χ0n) is 9.26. The van der Waals surface area contributed by atoms with Crippen LogP contribution in [0.2, 0.25) is 0 Å². The van der Waals surface area contributed by atoms with Crippen LogP contribution in [0, 0.1) is 0 Å². The Labute approximate surface area is 94.6 Å². The summed E-state index contributed by atoms with van der Waals surface area (Å²) in [7, 11) is -2.76. The first-order valence-corrected chi connectivity index (χ1v) is 6.29. The van der Waals surface area contributed by atoms with Crippen LogP contribution < -0.4 is 4.72 Å². The highest BCUT2D eigenvalue weighted by Crippen LogP contribution is 2.22. The predicted molar refractivity (Wildman–Crippen MR) is 55.9 cm³/mol. The van der Waals surface area contributed by atoms with Gasteiger partial charge in [-0.05, 0) is 19.8 Å². The number of hydrogen-bond donors (Lipinski definition) is 2. The molecule has 1 aliphatic heterocycles. The molecule has 0 aromatic heterocycles. The van der Waals surface area contributed by atoms with E-state index in [0.717, 1.165) is 11.4 Å². The monoisotopic (exact) mass is 252 g/mol. The number of nitrogens with zero attached hydrogens (tertiary/aromatic N) is 1. The lowest BCUT2D eigenvalue weighted by Gasteiger charge is -2.34. The topological polar surface area (TPSA) is 95.9 Å². The van der Waals surface area contributed by atoms with E-state index in [1.54, 1.807) is 11.6 Å². The molecule has 94 valence electrons. The number of aliphatic hydroxyl groups is 1. The van der Waals surface area contributed by atoms with Crippen LogP contribution in [0.4, 0.5) is 4.79 Å². The van der Waals surface area contributed by atoms with Crippen molar-refractivity contribution in [2.24, 2.45) is 0 Å². The molecule has 0 bridgehead atoms. The van der Waals surface area contributed by atoms with Crippen molar-refractivity contribution in [1.29, 1.82) is 0 Å². The van der Waals surface area contributed by atoms with Crippen LogP contribution in [0.1, 0.15) is 19.8 Å². The van der Waals surface area contributed by atoms with Gasteiger partial charge in [0.1, 0.15) is 0 Å². The molecular formula is C8H16N2O5S. The van der Waals surface area contributed by atoms with Gasteiger partial charge in [0.2, 0.25) is 0 Å². The van der Waals surface area contributed by atoms with Crippen LogP contribution in [0.25, 0.3) is 0 Å². The van der Waals surface area contributed by atoms with Crippen LogP contribution in [0.5, 0.6) is 0 Å². The minimum atomic E-state index is -3.85. The first-order valence-electron chi connectivity index (χ1n) is 4.85. The van der Waals surface area contributed by atoms with Gasteiger partial charge in [-0.15, -0.1) is 0 Å². The van der Waals surface area contributed by atoms with Crippen molar-refractivity contribution < 1.29 is 23.1 Å². The van der Waals surface area contributed by atoms with E-state index in [0.29, 0.717) is 12.8 Å². The number of amides is 1. The Bertz CT molecular complexity index is 355. The number of ether oxygens (including phenoxy) is 1. The molecule has 0 aromatic carbocycles. The lowest BCUT2D eigenvalue weighted by molar-refractivity contribution is 0.0124. The Balaban J connectivity index is 2.62. The van der Waals surface area contributed by atoms with Crippen molar-refractivity contribution in [3.8, 4) is 0 Å². The van der Waals surface area contributed by atoms with Gasteiger partial charge in [-0.25, -0.2) is 9.52 Å². The number of rotatable bonds is 2. The molecule has 0 spiro atoms. The van der Waals surface area contributed by atoms with Crippen LogP contribution in [-0.4, -0.2) is 49.7 Å².